The third-order valence-corrected chi connectivity index (χ3v) is 7.61. The van der Waals surface area contributed by atoms with Gasteiger partial charge < -0.3 is 20.3 Å². The van der Waals surface area contributed by atoms with E-state index in [4.69, 9.17) is 4.74 Å². The van der Waals surface area contributed by atoms with Gasteiger partial charge in [-0.25, -0.2) is 0 Å². The molecule has 3 heterocycles. The number of benzene rings is 1. The number of Topliss-reactive ketones (excluding diaryl/α,β-unsaturated/α-hetero) is 1. The second-order valence-corrected chi connectivity index (χ2v) is 10.9. The van der Waals surface area contributed by atoms with E-state index in [1.54, 1.807) is 11.3 Å². The van der Waals surface area contributed by atoms with Crippen molar-refractivity contribution in [3.05, 3.63) is 57.9 Å². The Bertz CT molecular complexity index is 1070. The molecule has 7 heteroatoms. The van der Waals surface area contributed by atoms with Crippen LogP contribution in [-0.2, 0) is 14.3 Å². The van der Waals surface area contributed by atoms with Crippen molar-refractivity contribution >= 4 is 34.4 Å². The summed E-state index contributed by atoms with van der Waals surface area (Å²) in [7, 11) is 0. The van der Waals surface area contributed by atoms with Gasteiger partial charge in [0.25, 0.3) is 0 Å². The summed E-state index contributed by atoms with van der Waals surface area (Å²) in [5, 5.41) is 8.69. The number of nitrogens with zero attached hydrogens (tertiary/aromatic N) is 1. The van der Waals surface area contributed by atoms with Gasteiger partial charge in [0, 0.05) is 35.7 Å². The van der Waals surface area contributed by atoms with Crippen molar-refractivity contribution in [2.24, 2.45) is 5.41 Å². The number of carbonyl (C=O) groups excluding carboxylic acids is 2. The highest BCUT2D eigenvalue weighted by molar-refractivity contribution is 7.10. The van der Waals surface area contributed by atoms with Gasteiger partial charge in [-0.2, -0.15) is 0 Å². The van der Waals surface area contributed by atoms with Crippen LogP contribution in [0.25, 0.3) is 0 Å². The number of nitrogens with one attached hydrogen (secondary N) is 2. The van der Waals surface area contributed by atoms with Crippen LogP contribution in [0.4, 0.5) is 11.4 Å². The summed E-state index contributed by atoms with van der Waals surface area (Å²) < 4.78 is 5.67. The van der Waals surface area contributed by atoms with Gasteiger partial charge in [-0.3, -0.25) is 9.59 Å². The fourth-order valence-corrected chi connectivity index (χ4v) is 6.06. The molecular formula is C26H31N3O3S. The number of fused-ring (bicyclic) bond motifs is 1. The van der Waals surface area contributed by atoms with Crippen LogP contribution in [0.3, 0.4) is 0 Å². The van der Waals surface area contributed by atoms with E-state index >= 15 is 0 Å². The van der Waals surface area contributed by atoms with Crippen LogP contribution < -0.4 is 15.5 Å². The summed E-state index contributed by atoms with van der Waals surface area (Å²) in [5.41, 5.74) is 3.53. The first-order valence-corrected chi connectivity index (χ1v) is 12.6. The first-order chi connectivity index (χ1) is 15.9. The molecule has 174 valence electrons. The Balaban J connectivity index is 1.54. The number of amides is 1. The number of carbonyl (C=O) groups is 2. The summed E-state index contributed by atoms with van der Waals surface area (Å²) in [6.07, 6.45) is 3.42. The van der Waals surface area contributed by atoms with E-state index in [0.29, 0.717) is 13.0 Å². The Morgan fingerprint density at radius 1 is 1.24 bits per heavy atom. The Hall–Kier alpha value is -2.64. The molecule has 1 aliphatic carbocycles. The maximum Gasteiger partial charge on any atom is 0.239 e. The predicted octanol–water partition coefficient (Wildman–Crippen LogP) is 4.66. The van der Waals surface area contributed by atoms with Gasteiger partial charge in [-0.15, -0.1) is 11.3 Å². The van der Waals surface area contributed by atoms with Crippen LogP contribution in [0.1, 0.15) is 50.4 Å². The maximum atomic E-state index is 13.5. The van der Waals surface area contributed by atoms with Crippen LogP contribution in [0.15, 0.2) is 53.0 Å². The van der Waals surface area contributed by atoms with Crippen molar-refractivity contribution in [2.75, 3.05) is 29.9 Å². The summed E-state index contributed by atoms with van der Waals surface area (Å²) in [6.45, 7) is 5.74. The van der Waals surface area contributed by atoms with E-state index in [2.05, 4.69) is 35.4 Å². The van der Waals surface area contributed by atoms with Crippen LogP contribution in [0, 0.1) is 5.41 Å². The van der Waals surface area contributed by atoms with Crippen molar-refractivity contribution in [2.45, 2.75) is 51.7 Å². The number of anilines is 2. The molecule has 0 saturated carbocycles. The molecule has 2 atom stereocenters. The van der Waals surface area contributed by atoms with Crippen molar-refractivity contribution in [1.29, 1.82) is 0 Å². The van der Waals surface area contributed by atoms with E-state index in [1.807, 2.05) is 35.7 Å². The summed E-state index contributed by atoms with van der Waals surface area (Å²) in [6, 6.07) is 11.8. The molecule has 2 N–H and O–H groups in total. The van der Waals surface area contributed by atoms with Gasteiger partial charge in [-0.1, -0.05) is 32.0 Å². The summed E-state index contributed by atoms with van der Waals surface area (Å²) in [4.78, 5) is 29.8. The molecule has 2 aromatic rings. The molecule has 0 bridgehead atoms. The Morgan fingerprint density at radius 3 is 2.85 bits per heavy atom. The van der Waals surface area contributed by atoms with Gasteiger partial charge >= 0.3 is 0 Å². The number of hydrogen-bond acceptors (Lipinski definition) is 6. The third-order valence-electron chi connectivity index (χ3n) is 6.68. The fraction of sp³-hybridized carbons (Fsp3) is 0.462. The molecule has 6 nitrogen and oxygen atoms in total. The van der Waals surface area contributed by atoms with E-state index < -0.39 is 0 Å². The van der Waals surface area contributed by atoms with Crippen LogP contribution in [0.5, 0.6) is 0 Å². The smallest absolute Gasteiger partial charge is 0.239 e. The van der Waals surface area contributed by atoms with Crippen LogP contribution in [0.2, 0.25) is 0 Å². The lowest BCUT2D eigenvalue weighted by molar-refractivity contribution is -0.121. The fourth-order valence-electron chi connectivity index (χ4n) is 5.21. The molecule has 0 unspecified atom stereocenters. The molecule has 1 aromatic heterocycles. The zero-order valence-electron chi connectivity index (χ0n) is 19.2. The van der Waals surface area contributed by atoms with Crippen molar-refractivity contribution < 1.29 is 14.3 Å². The first kappa shape index (κ1) is 22.2. The second kappa shape index (κ2) is 8.95. The molecule has 2 aliphatic heterocycles. The van der Waals surface area contributed by atoms with E-state index in [0.717, 1.165) is 53.4 Å². The van der Waals surface area contributed by atoms with Gasteiger partial charge in [0.05, 0.1) is 30.1 Å². The quantitative estimate of drug-likeness (QED) is 0.672. The number of para-hydroxylation sites is 2. The number of rotatable bonds is 5. The zero-order chi connectivity index (χ0) is 23.0. The lowest BCUT2D eigenvalue weighted by Crippen LogP contribution is -2.43. The monoisotopic (exact) mass is 465 g/mol. The first-order valence-electron chi connectivity index (χ1n) is 11.7. The minimum Gasteiger partial charge on any atom is -0.376 e. The minimum absolute atomic E-state index is 0.0607. The number of ketones is 1. The molecule has 1 saturated heterocycles. The predicted molar refractivity (Wildman–Crippen MR) is 132 cm³/mol. The van der Waals surface area contributed by atoms with Crippen LogP contribution in [-0.4, -0.2) is 37.5 Å². The standard InChI is InChI=1S/C26H31N3O3S/c1-26(2)13-19-24(21(30)14-26)25(22-10-6-12-33-22)29(20-9-4-3-8-18(20)28-19)16-23(31)27-15-17-7-5-11-32-17/h3-4,6,8-10,12,17,25,28H,5,7,11,13-16H2,1-2H3,(H,27,31)/t17-,25+/m1/s1. The summed E-state index contributed by atoms with van der Waals surface area (Å²) >= 11 is 1.63. The highest BCUT2D eigenvalue weighted by Gasteiger charge is 2.42. The topological polar surface area (TPSA) is 70.7 Å². The number of ether oxygens (including phenoxy) is 1. The second-order valence-electron chi connectivity index (χ2n) is 9.96. The molecule has 3 aliphatic rings. The maximum absolute atomic E-state index is 13.5. The lowest BCUT2D eigenvalue weighted by atomic mass is 9.74. The van der Waals surface area contributed by atoms with Crippen molar-refractivity contribution in [3.63, 3.8) is 0 Å². The highest BCUT2D eigenvalue weighted by atomic mass is 32.1. The van der Waals surface area contributed by atoms with E-state index in [9.17, 15) is 9.59 Å². The zero-order valence-corrected chi connectivity index (χ0v) is 20.0. The number of thiophene rings is 1. The molecular weight excluding hydrogens is 434 g/mol. The average molecular weight is 466 g/mol. The highest BCUT2D eigenvalue weighted by Crippen LogP contribution is 2.48. The SMILES string of the molecule is CC1(C)CC(=O)C2=C(C1)Nc1ccccc1N(CC(=O)NC[C@H]1CCCO1)[C@H]2c1cccs1. The number of hydrogen-bond donors (Lipinski definition) is 2. The van der Waals surface area contributed by atoms with Gasteiger partial charge in [0.15, 0.2) is 5.78 Å². The molecule has 33 heavy (non-hydrogen) atoms. The Labute approximate surface area is 199 Å². The van der Waals surface area contributed by atoms with Gasteiger partial charge in [-0.05, 0) is 48.3 Å². The van der Waals surface area contributed by atoms with Gasteiger partial charge in [0.2, 0.25) is 5.91 Å². The third kappa shape index (κ3) is 4.57. The van der Waals surface area contributed by atoms with Crippen LogP contribution >= 0.6 is 11.3 Å². The largest absolute Gasteiger partial charge is 0.376 e. The lowest BCUT2D eigenvalue weighted by Gasteiger charge is -2.37. The Morgan fingerprint density at radius 2 is 2.09 bits per heavy atom. The van der Waals surface area contributed by atoms with Crippen molar-refractivity contribution in [3.8, 4) is 0 Å². The average Bonchev–Trinajstić information content (AvgIpc) is 3.46. The van der Waals surface area contributed by atoms with Gasteiger partial charge in [0.1, 0.15) is 0 Å². The summed E-state index contributed by atoms with van der Waals surface area (Å²) in [5.74, 6) is 0.0965. The normalized spacial score (nSPS) is 24.1. The molecule has 1 aromatic carbocycles. The molecule has 0 spiro atoms. The molecule has 5 rings (SSSR count). The molecule has 0 radical (unpaired) electrons. The Kier molecular flexibility index (Phi) is 6.01. The van der Waals surface area contributed by atoms with Crippen molar-refractivity contribution in [1.82, 2.24) is 5.32 Å². The minimum atomic E-state index is -0.298. The molecule has 1 fully saturated rings. The van der Waals surface area contributed by atoms with E-state index in [-0.39, 0.29) is 35.8 Å². The van der Waals surface area contributed by atoms with E-state index in [1.165, 1.54) is 0 Å². The number of allylic oxidation sites excluding steroid dienone is 1. The molecule has 1 amide bonds.